The molecule has 9 heteroatoms. The van der Waals surface area contributed by atoms with E-state index in [1.165, 1.54) is 23.0 Å². The summed E-state index contributed by atoms with van der Waals surface area (Å²) in [5, 5.41) is 3.05. The molecule has 8 nitrogen and oxygen atoms in total. The Morgan fingerprint density at radius 2 is 1.64 bits per heavy atom. The second-order valence-electron chi connectivity index (χ2n) is 5.74. The lowest BCUT2D eigenvalue weighted by Crippen LogP contribution is -2.50. The van der Waals surface area contributed by atoms with E-state index in [4.69, 9.17) is 0 Å². The van der Waals surface area contributed by atoms with Gasteiger partial charge in [-0.1, -0.05) is 18.2 Å². The Morgan fingerprint density at radius 1 is 1.04 bits per heavy atom. The summed E-state index contributed by atoms with van der Waals surface area (Å²) in [7, 11) is -3.21. The molecular formula is C16H19N5O3S. The quantitative estimate of drug-likeness (QED) is 0.871. The molecule has 0 unspecified atom stereocenters. The molecule has 0 aliphatic carbocycles. The van der Waals surface area contributed by atoms with Crippen molar-refractivity contribution in [3.05, 3.63) is 48.3 Å². The number of carbonyl (C=O) groups excluding carboxylic acids is 1. The number of nitrogens with zero attached hydrogens (tertiary/aromatic N) is 4. The van der Waals surface area contributed by atoms with Gasteiger partial charge in [0.05, 0.1) is 11.8 Å². The number of aromatic nitrogens is 2. The molecule has 25 heavy (non-hydrogen) atoms. The zero-order valence-electron chi connectivity index (χ0n) is 13.8. The summed E-state index contributed by atoms with van der Waals surface area (Å²) in [4.78, 5) is 22.4. The fourth-order valence-corrected chi connectivity index (χ4v) is 3.39. The van der Waals surface area contributed by atoms with E-state index in [9.17, 15) is 13.2 Å². The number of carbonyl (C=O) groups is 1. The molecule has 0 spiro atoms. The SMILES string of the molecule is CS(=O)(=O)N1CCN(C(=O)c2cnc(Nc3ccccc3)nc2)CC1. The molecule has 1 aliphatic heterocycles. The number of piperazine rings is 1. The zero-order chi connectivity index (χ0) is 17.9. The summed E-state index contributed by atoms with van der Waals surface area (Å²) in [5.74, 6) is 0.212. The Bertz CT molecular complexity index is 832. The van der Waals surface area contributed by atoms with Crippen LogP contribution in [0.5, 0.6) is 0 Å². The van der Waals surface area contributed by atoms with Crippen LogP contribution in [-0.2, 0) is 10.0 Å². The summed E-state index contributed by atoms with van der Waals surface area (Å²) in [5.41, 5.74) is 1.24. The van der Waals surface area contributed by atoms with Crippen molar-refractivity contribution >= 4 is 27.6 Å². The van der Waals surface area contributed by atoms with Crippen molar-refractivity contribution in [2.75, 3.05) is 37.8 Å². The van der Waals surface area contributed by atoms with Crippen molar-refractivity contribution in [1.29, 1.82) is 0 Å². The summed E-state index contributed by atoms with van der Waals surface area (Å²) < 4.78 is 24.4. The normalized spacial score (nSPS) is 15.8. The molecule has 0 radical (unpaired) electrons. The maximum Gasteiger partial charge on any atom is 0.257 e. The fraction of sp³-hybridized carbons (Fsp3) is 0.312. The highest BCUT2D eigenvalue weighted by molar-refractivity contribution is 7.88. The van der Waals surface area contributed by atoms with Gasteiger partial charge in [-0.05, 0) is 12.1 Å². The third-order valence-electron chi connectivity index (χ3n) is 3.92. The molecule has 1 saturated heterocycles. The third-order valence-corrected chi connectivity index (χ3v) is 5.23. The van der Waals surface area contributed by atoms with Crippen LogP contribution in [0.3, 0.4) is 0 Å². The molecule has 1 aromatic heterocycles. The highest BCUT2D eigenvalue weighted by atomic mass is 32.2. The first-order valence-corrected chi connectivity index (χ1v) is 9.67. The Balaban J connectivity index is 1.62. The number of nitrogens with one attached hydrogen (secondary N) is 1. The molecule has 2 aromatic rings. The highest BCUT2D eigenvalue weighted by Gasteiger charge is 2.26. The molecule has 1 amide bonds. The minimum Gasteiger partial charge on any atom is -0.336 e. The number of para-hydroxylation sites is 1. The minimum atomic E-state index is -3.21. The van der Waals surface area contributed by atoms with Gasteiger partial charge in [0.15, 0.2) is 0 Å². The number of benzene rings is 1. The van der Waals surface area contributed by atoms with Crippen LogP contribution in [0.25, 0.3) is 0 Å². The predicted molar refractivity (Wildman–Crippen MR) is 94.1 cm³/mol. The molecule has 132 valence electrons. The van der Waals surface area contributed by atoms with Crippen LogP contribution in [-0.4, -0.2) is 65.9 Å². The number of hydrogen-bond donors (Lipinski definition) is 1. The van der Waals surface area contributed by atoms with Gasteiger partial charge in [0, 0.05) is 44.3 Å². The summed E-state index contributed by atoms with van der Waals surface area (Å²) in [6.45, 7) is 1.32. The van der Waals surface area contributed by atoms with Crippen molar-refractivity contribution in [3.8, 4) is 0 Å². The first-order valence-electron chi connectivity index (χ1n) is 7.82. The second-order valence-corrected chi connectivity index (χ2v) is 7.72. The second kappa shape index (κ2) is 7.16. The number of rotatable bonds is 4. The van der Waals surface area contributed by atoms with E-state index in [2.05, 4.69) is 15.3 Å². The summed E-state index contributed by atoms with van der Waals surface area (Å²) in [6.07, 6.45) is 4.13. The van der Waals surface area contributed by atoms with E-state index >= 15 is 0 Å². The third kappa shape index (κ3) is 4.31. The van der Waals surface area contributed by atoms with Gasteiger partial charge in [0.2, 0.25) is 16.0 Å². The van der Waals surface area contributed by atoms with Crippen LogP contribution in [0.1, 0.15) is 10.4 Å². The van der Waals surface area contributed by atoms with Gasteiger partial charge >= 0.3 is 0 Å². The lowest BCUT2D eigenvalue weighted by atomic mass is 10.2. The Morgan fingerprint density at radius 3 is 2.20 bits per heavy atom. The minimum absolute atomic E-state index is 0.195. The van der Waals surface area contributed by atoms with Crippen molar-refractivity contribution in [2.45, 2.75) is 0 Å². The van der Waals surface area contributed by atoms with Gasteiger partial charge < -0.3 is 10.2 Å². The zero-order valence-corrected chi connectivity index (χ0v) is 14.6. The highest BCUT2D eigenvalue weighted by Crippen LogP contribution is 2.13. The molecule has 2 heterocycles. The van der Waals surface area contributed by atoms with Crippen molar-refractivity contribution in [1.82, 2.24) is 19.2 Å². The van der Waals surface area contributed by atoms with E-state index in [1.807, 2.05) is 30.3 Å². The van der Waals surface area contributed by atoms with E-state index in [0.29, 0.717) is 37.7 Å². The van der Waals surface area contributed by atoms with Gasteiger partial charge in [-0.3, -0.25) is 4.79 Å². The summed E-state index contributed by atoms with van der Waals surface area (Å²) >= 11 is 0. The van der Waals surface area contributed by atoms with Crippen molar-refractivity contribution in [2.24, 2.45) is 0 Å². The fourth-order valence-electron chi connectivity index (χ4n) is 2.56. The molecule has 3 rings (SSSR count). The van der Waals surface area contributed by atoms with Gasteiger partial charge in [-0.15, -0.1) is 0 Å². The number of sulfonamides is 1. The van der Waals surface area contributed by atoms with Crippen LogP contribution < -0.4 is 5.32 Å². The van der Waals surface area contributed by atoms with Gasteiger partial charge in [-0.2, -0.15) is 4.31 Å². The van der Waals surface area contributed by atoms with Gasteiger partial charge in [-0.25, -0.2) is 18.4 Å². The molecule has 0 atom stereocenters. The Kier molecular flexibility index (Phi) is 4.95. The van der Waals surface area contributed by atoms with Crippen molar-refractivity contribution in [3.63, 3.8) is 0 Å². The van der Waals surface area contributed by atoms with Crippen molar-refractivity contribution < 1.29 is 13.2 Å². The lowest BCUT2D eigenvalue weighted by Gasteiger charge is -2.33. The smallest absolute Gasteiger partial charge is 0.257 e. The lowest BCUT2D eigenvalue weighted by molar-refractivity contribution is 0.0697. The van der Waals surface area contributed by atoms with Crippen LogP contribution in [0, 0.1) is 0 Å². The Labute approximate surface area is 146 Å². The molecule has 1 aliphatic rings. The number of hydrogen-bond acceptors (Lipinski definition) is 6. The topological polar surface area (TPSA) is 95.5 Å². The van der Waals surface area contributed by atoms with E-state index < -0.39 is 10.0 Å². The van der Waals surface area contributed by atoms with Gasteiger partial charge in [0.25, 0.3) is 5.91 Å². The summed E-state index contributed by atoms with van der Waals surface area (Å²) in [6, 6.07) is 9.50. The molecule has 1 N–H and O–H groups in total. The van der Waals surface area contributed by atoms with Crippen LogP contribution in [0.2, 0.25) is 0 Å². The van der Waals surface area contributed by atoms with E-state index in [1.54, 1.807) is 4.90 Å². The number of amides is 1. The maximum absolute atomic E-state index is 12.5. The average Bonchev–Trinajstić information content (AvgIpc) is 2.62. The molecular weight excluding hydrogens is 342 g/mol. The van der Waals surface area contributed by atoms with Crippen LogP contribution >= 0.6 is 0 Å². The maximum atomic E-state index is 12.5. The standard InChI is InChI=1S/C16H19N5O3S/c1-25(23,24)21-9-7-20(8-10-21)15(22)13-11-17-16(18-12-13)19-14-5-3-2-4-6-14/h2-6,11-12H,7-10H2,1H3,(H,17,18,19). The molecule has 1 fully saturated rings. The predicted octanol–water partition coefficient (Wildman–Crippen LogP) is 0.938. The molecule has 1 aromatic carbocycles. The largest absolute Gasteiger partial charge is 0.336 e. The van der Waals surface area contributed by atoms with E-state index in [-0.39, 0.29) is 5.91 Å². The first kappa shape index (κ1) is 17.3. The monoisotopic (exact) mass is 361 g/mol. The first-order chi connectivity index (χ1) is 11.9. The van der Waals surface area contributed by atoms with Gasteiger partial charge in [0.1, 0.15) is 0 Å². The van der Waals surface area contributed by atoms with Crippen LogP contribution in [0.4, 0.5) is 11.6 Å². The molecule has 0 saturated carbocycles. The Hall–Kier alpha value is -2.52. The van der Waals surface area contributed by atoms with E-state index in [0.717, 1.165) is 5.69 Å². The number of anilines is 2. The average molecular weight is 361 g/mol. The van der Waals surface area contributed by atoms with Crippen LogP contribution in [0.15, 0.2) is 42.7 Å². The molecule has 0 bridgehead atoms.